The summed E-state index contributed by atoms with van der Waals surface area (Å²) < 4.78 is 10.6. The van der Waals surface area contributed by atoms with Crippen LogP contribution in [-0.2, 0) is 9.36 Å². The molecule has 0 amide bonds. The maximum absolute atomic E-state index is 10.7. The van der Waals surface area contributed by atoms with Gasteiger partial charge in [-0.1, -0.05) is 12.2 Å². The van der Waals surface area contributed by atoms with Crippen molar-refractivity contribution in [2.24, 2.45) is 5.92 Å². The fourth-order valence-corrected chi connectivity index (χ4v) is 2.10. The van der Waals surface area contributed by atoms with Crippen LogP contribution in [0.4, 0.5) is 0 Å². The van der Waals surface area contributed by atoms with Gasteiger partial charge in [-0.05, 0) is 25.3 Å². The van der Waals surface area contributed by atoms with Crippen molar-refractivity contribution in [3.05, 3.63) is 12.2 Å². The summed E-state index contributed by atoms with van der Waals surface area (Å²) in [4.78, 5) is 28.0. The van der Waals surface area contributed by atoms with Crippen LogP contribution in [0.2, 0.25) is 0 Å². The molecule has 0 aromatic carbocycles. The first kappa shape index (κ1) is 13.4. The van der Waals surface area contributed by atoms with Gasteiger partial charge in [0.1, 0.15) is 6.04 Å². The highest BCUT2D eigenvalue weighted by Crippen LogP contribution is 2.34. The highest BCUT2D eigenvalue weighted by Gasteiger charge is 2.24. The lowest BCUT2D eigenvalue weighted by atomic mass is 9.92. The fourth-order valence-electron chi connectivity index (χ4n) is 1.70. The van der Waals surface area contributed by atoms with Crippen LogP contribution in [0, 0.1) is 5.92 Å². The summed E-state index contributed by atoms with van der Waals surface area (Å²) in [5, 5.41) is 11.7. The SMILES string of the molecule is O=C(O)[C@H]1C[C@@H](/C=C/CP(=O)(O)O)CCN1. The monoisotopic (exact) mass is 249 g/mol. The molecule has 7 heteroatoms. The van der Waals surface area contributed by atoms with Gasteiger partial charge in [0.2, 0.25) is 0 Å². The molecule has 16 heavy (non-hydrogen) atoms. The number of allylic oxidation sites excluding steroid dienone is 2. The molecular formula is C9H16NO5P. The van der Waals surface area contributed by atoms with E-state index < -0.39 is 19.6 Å². The van der Waals surface area contributed by atoms with Gasteiger partial charge in [-0.25, -0.2) is 0 Å². The Balaban J connectivity index is 2.43. The zero-order chi connectivity index (χ0) is 12.2. The normalized spacial score (nSPS) is 27.1. The molecule has 6 nitrogen and oxygen atoms in total. The fraction of sp³-hybridized carbons (Fsp3) is 0.667. The quantitative estimate of drug-likeness (QED) is 0.418. The Hall–Kier alpha value is -0.680. The van der Waals surface area contributed by atoms with E-state index in [0.717, 1.165) is 6.42 Å². The minimum Gasteiger partial charge on any atom is -0.480 e. The van der Waals surface area contributed by atoms with Gasteiger partial charge in [0.15, 0.2) is 0 Å². The first-order valence-corrected chi connectivity index (χ1v) is 6.85. The molecule has 0 spiro atoms. The molecule has 1 heterocycles. The second kappa shape index (κ2) is 5.59. The van der Waals surface area contributed by atoms with Crippen LogP contribution in [-0.4, -0.2) is 39.6 Å². The second-order valence-electron chi connectivity index (χ2n) is 3.90. The Morgan fingerprint density at radius 1 is 1.50 bits per heavy atom. The van der Waals surface area contributed by atoms with Crippen molar-refractivity contribution in [1.29, 1.82) is 0 Å². The number of hydrogen-bond acceptors (Lipinski definition) is 3. The summed E-state index contributed by atoms with van der Waals surface area (Å²) in [5.74, 6) is -0.804. The van der Waals surface area contributed by atoms with E-state index in [4.69, 9.17) is 14.9 Å². The zero-order valence-corrected chi connectivity index (χ0v) is 9.64. The molecule has 1 aliphatic heterocycles. The van der Waals surface area contributed by atoms with E-state index in [1.54, 1.807) is 6.08 Å². The number of hydrogen-bond donors (Lipinski definition) is 4. The van der Waals surface area contributed by atoms with E-state index in [-0.39, 0.29) is 12.1 Å². The highest BCUT2D eigenvalue weighted by molar-refractivity contribution is 7.51. The third kappa shape index (κ3) is 4.90. The van der Waals surface area contributed by atoms with Gasteiger partial charge >= 0.3 is 13.6 Å². The van der Waals surface area contributed by atoms with Crippen molar-refractivity contribution in [3.8, 4) is 0 Å². The molecule has 0 unspecified atom stereocenters. The standard InChI is InChI=1S/C9H16NO5P/c11-9(12)8-6-7(3-4-10-8)2-1-5-16(13,14)15/h1-2,7-8,10H,3-6H2,(H,11,12)(H2,13,14,15)/b2-1+/t7-,8+/m0/s1. The van der Waals surface area contributed by atoms with Crippen molar-refractivity contribution < 1.29 is 24.3 Å². The average Bonchev–Trinajstić information content (AvgIpc) is 2.16. The van der Waals surface area contributed by atoms with E-state index in [1.807, 2.05) is 0 Å². The number of carbonyl (C=O) groups is 1. The molecule has 0 aromatic rings. The van der Waals surface area contributed by atoms with Gasteiger partial charge < -0.3 is 20.2 Å². The predicted molar refractivity (Wildman–Crippen MR) is 58.2 cm³/mol. The molecule has 0 radical (unpaired) electrons. The summed E-state index contributed by atoms with van der Waals surface area (Å²) >= 11 is 0. The van der Waals surface area contributed by atoms with Crippen molar-refractivity contribution >= 4 is 13.6 Å². The van der Waals surface area contributed by atoms with Gasteiger partial charge in [0.05, 0.1) is 6.16 Å². The second-order valence-corrected chi connectivity index (χ2v) is 5.60. The van der Waals surface area contributed by atoms with Gasteiger partial charge in [-0.15, -0.1) is 0 Å². The Morgan fingerprint density at radius 3 is 2.75 bits per heavy atom. The molecular weight excluding hydrogens is 233 g/mol. The molecule has 4 N–H and O–H groups in total. The van der Waals surface area contributed by atoms with Gasteiger partial charge in [-0.2, -0.15) is 0 Å². The molecule has 2 atom stereocenters. The lowest BCUT2D eigenvalue weighted by Crippen LogP contribution is -2.43. The van der Waals surface area contributed by atoms with Crippen LogP contribution in [0.25, 0.3) is 0 Å². The van der Waals surface area contributed by atoms with Crippen molar-refractivity contribution in [1.82, 2.24) is 5.32 Å². The van der Waals surface area contributed by atoms with Crippen LogP contribution in [0.5, 0.6) is 0 Å². The molecule has 1 fully saturated rings. The van der Waals surface area contributed by atoms with Crippen LogP contribution >= 0.6 is 7.60 Å². The van der Waals surface area contributed by atoms with Crippen LogP contribution < -0.4 is 5.32 Å². The molecule has 0 bridgehead atoms. The molecule has 92 valence electrons. The zero-order valence-electron chi connectivity index (χ0n) is 8.74. The number of nitrogens with one attached hydrogen (secondary N) is 1. The first-order chi connectivity index (χ1) is 7.38. The number of aliphatic carboxylic acids is 1. The molecule has 1 rings (SSSR count). The van der Waals surface area contributed by atoms with Crippen LogP contribution in [0.3, 0.4) is 0 Å². The van der Waals surface area contributed by atoms with E-state index in [9.17, 15) is 9.36 Å². The van der Waals surface area contributed by atoms with Gasteiger partial charge in [0, 0.05) is 0 Å². The number of carboxylic acids is 1. The van der Waals surface area contributed by atoms with Crippen molar-refractivity contribution in [2.45, 2.75) is 18.9 Å². The van der Waals surface area contributed by atoms with E-state index in [0.29, 0.717) is 13.0 Å². The van der Waals surface area contributed by atoms with E-state index in [2.05, 4.69) is 5.32 Å². The summed E-state index contributed by atoms with van der Waals surface area (Å²) in [6.07, 6.45) is 4.12. The molecule has 0 saturated carbocycles. The maximum Gasteiger partial charge on any atom is 0.329 e. The van der Waals surface area contributed by atoms with E-state index >= 15 is 0 Å². The maximum atomic E-state index is 10.7. The summed E-state index contributed by atoms with van der Waals surface area (Å²) in [6, 6.07) is -0.557. The highest BCUT2D eigenvalue weighted by atomic mass is 31.2. The minimum absolute atomic E-state index is 0.0777. The number of rotatable bonds is 4. The van der Waals surface area contributed by atoms with Crippen LogP contribution in [0.15, 0.2) is 12.2 Å². The molecule has 1 aliphatic rings. The lowest BCUT2D eigenvalue weighted by molar-refractivity contribution is -0.140. The smallest absolute Gasteiger partial charge is 0.329 e. The van der Waals surface area contributed by atoms with Crippen LogP contribution in [0.1, 0.15) is 12.8 Å². The summed E-state index contributed by atoms with van der Waals surface area (Å²) in [6.45, 7) is 0.613. The molecule has 0 aliphatic carbocycles. The Morgan fingerprint density at radius 2 is 2.19 bits per heavy atom. The third-order valence-electron chi connectivity index (χ3n) is 2.49. The number of carboxylic acid groups (broad SMARTS) is 1. The van der Waals surface area contributed by atoms with Crippen molar-refractivity contribution in [3.63, 3.8) is 0 Å². The summed E-state index contributed by atoms with van der Waals surface area (Å²) in [5.41, 5.74) is 0. The third-order valence-corrected chi connectivity index (χ3v) is 3.18. The van der Waals surface area contributed by atoms with E-state index in [1.165, 1.54) is 6.08 Å². The Bertz CT molecular complexity index is 324. The summed E-state index contributed by atoms with van der Waals surface area (Å²) in [7, 11) is -3.99. The van der Waals surface area contributed by atoms with Gasteiger partial charge in [0.25, 0.3) is 0 Å². The topological polar surface area (TPSA) is 107 Å². The largest absolute Gasteiger partial charge is 0.480 e. The number of piperidine rings is 1. The lowest BCUT2D eigenvalue weighted by Gasteiger charge is -2.25. The Kier molecular flexibility index (Phi) is 4.68. The first-order valence-electron chi connectivity index (χ1n) is 5.06. The Labute approximate surface area is 93.5 Å². The molecule has 0 aromatic heterocycles. The minimum atomic E-state index is -3.99. The van der Waals surface area contributed by atoms with Gasteiger partial charge in [-0.3, -0.25) is 9.36 Å². The van der Waals surface area contributed by atoms with Crippen molar-refractivity contribution in [2.75, 3.05) is 12.7 Å². The average molecular weight is 249 g/mol. The predicted octanol–water partition coefficient (Wildman–Crippen LogP) is 0.173. The molecule has 1 saturated heterocycles.